The molecule has 2 aromatic carbocycles. The molecular formula is C27H24ClN3O5. The number of carbonyl (C=O) groups excluding carboxylic acids is 3. The van der Waals surface area contributed by atoms with Crippen LogP contribution in [-0.2, 0) is 15.0 Å². The van der Waals surface area contributed by atoms with E-state index in [1.807, 2.05) is 12.1 Å². The van der Waals surface area contributed by atoms with E-state index >= 15 is 0 Å². The van der Waals surface area contributed by atoms with Gasteiger partial charge in [-0.2, -0.15) is 0 Å². The van der Waals surface area contributed by atoms with Gasteiger partial charge in [-0.3, -0.25) is 25.0 Å². The number of barbiturate groups is 1. The molecule has 4 aliphatic carbocycles. The molecule has 2 aromatic rings. The third kappa shape index (κ3) is 3.71. The van der Waals surface area contributed by atoms with Gasteiger partial charge in [-0.05, 0) is 97.1 Å². The number of rotatable bonds is 4. The number of carbonyl (C=O) groups is 3. The summed E-state index contributed by atoms with van der Waals surface area (Å²) in [6.45, 7) is 0. The molecule has 5 aliphatic rings. The number of amides is 4. The molecule has 1 aliphatic heterocycles. The molecule has 4 amide bonds. The average Bonchev–Trinajstić information content (AvgIpc) is 2.82. The number of nitrogens with one attached hydrogen (secondary N) is 1. The lowest BCUT2D eigenvalue weighted by Crippen LogP contribution is -2.54. The lowest BCUT2D eigenvalue weighted by molar-refractivity contribution is -0.384. The standard InChI is InChI=1S/C27H24ClN3O5/c28-22-6-1-15(11-23(22)31(35)36)10-21-24(32)29-26(34)30(25(21)33)20-4-2-19(3-5-20)27-12-16-7-17(13-27)9-18(8-16)14-27/h1-6,10-11,16-18H,7-9,12-14H2,(H,29,32,34). The Hall–Kier alpha value is -3.52. The van der Waals surface area contributed by atoms with Crippen molar-refractivity contribution in [2.75, 3.05) is 4.90 Å². The van der Waals surface area contributed by atoms with Crippen molar-refractivity contribution in [3.8, 4) is 0 Å². The molecule has 8 nitrogen and oxygen atoms in total. The van der Waals surface area contributed by atoms with Crippen molar-refractivity contribution in [2.24, 2.45) is 17.8 Å². The Morgan fingerprint density at radius 2 is 1.58 bits per heavy atom. The number of halogens is 1. The van der Waals surface area contributed by atoms with Crippen LogP contribution in [0.2, 0.25) is 5.02 Å². The number of nitro benzene ring substituents is 1. The number of benzene rings is 2. The summed E-state index contributed by atoms with van der Waals surface area (Å²) in [7, 11) is 0. The maximum atomic E-state index is 13.3. The second-order valence-electron chi connectivity index (χ2n) is 10.7. The fourth-order valence-electron chi connectivity index (χ4n) is 7.25. The van der Waals surface area contributed by atoms with E-state index in [2.05, 4.69) is 5.32 Å². The first-order valence-corrected chi connectivity index (χ1v) is 12.6. The molecule has 184 valence electrons. The van der Waals surface area contributed by atoms with Gasteiger partial charge in [-0.25, -0.2) is 9.69 Å². The topological polar surface area (TPSA) is 110 Å². The fourth-order valence-corrected chi connectivity index (χ4v) is 7.43. The van der Waals surface area contributed by atoms with Crippen molar-refractivity contribution in [1.29, 1.82) is 0 Å². The van der Waals surface area contributed by atoms with Gasteiger partial charge in [0.1, 0.15) is 10.6 Å². The van der Waals surface area contributed by atoms with Gasteiger partial charge in [0.05, 0.1) is 10.6 Å². The minimum Gasteiger partial charge on any atom is -0.273 e. The molecule has 0 radical (unpaired) electrons. The first-order valence-electron chi connectivity index (χ1n) is 12.2. The van der Waals surface area contributed by atoms with Gasteiger partial charge < -0.3 is 0 Å². The quantitative estimate of drug-likeness (QED) is 0.259. The van der Waals surface area contributed by atoms with Crippen molar-refractivity contribution in [3.05, 3.63) is 74.3 Å². The van der Waals surface area contributed by atoms with Crippen molar-refractivity contribution in [2.45, 2.75) is 43.9 Å². The number of imide groups is 2. The van der Waals surface area contributed by atoms with Crippen LogP contribution in [0.15, 0.2) is 48.0 Å². The first kappa shape index (κ1) is 22.9. The largest absolute Gasteiger partial charge is 0.335 e. The number of hydrogen-bond acceptors (Lipinski definition) is 5. The highest BCUT2D eigenvalue weighted by atomic mass is 35.5. The molecule has 0 aromatic heterocycles. The molecule has 4 bridgehead atoms. The maximum Gasteiger partial charge on any atom is 0.335 e. The molecule has 1 saturated heterocycles. The van der Waals surface area contributed by atoms with Gasteiger partial charge in [0.15, 0.2) is 0 Å². The second kappa shape index (κ2) is 8.27. The highest BCUT2D eigenvalue weighted by Crippen LogP contribution is 2.60. The Morgan fingerprint density at radius 1 is 0.972 bits per heavy atom. The predicted octanol–water partition coefficient (Wildman–Crippen LogP) is 5.38. The Bertz CT molecular complexity index is 1310. The van der Waals surface area contributed by atoms with Crippen LogP contribution in [0.25, 0.3) is 6.08 Å². The van der Waals surface area contributed by atoms with Crippen molar-refractivity contribution < 1.29 is 19.3 Å². The maximum absolute atomic E-state index is 13.3. The molecule has 0 spiro atoms. The van der Waals surface area contributed by atoms with Crippen LogP contribution in [0.4, 0.5) is 16.2 Å². The molecule has 1 heterocycles. The Labute approximate surface area is 212 Å². The van der Waals surface area contributed by atoms with Gasteiger partial charge in [0.25, 0.3) is 17.5 Å². The molecule has 1 N–H and O–H groups in total. The number of anilines is 1. The van der Waals surface area contributed by atoms with Crippen LogP contribution in [0.1, 0.15) is 49.7 Å². The van der Waals surface area contributed by atoms with Crippen LogP contribution < -0.4 is 10.2 Å². The summed E-state index contributed by atoms with van der Waals surface area (Å²) < 4.78 is 0. The lowest BCUT2D eigenvalue weighted by Gasteiger charge is -2.57. The van der Waals surface area contributed by atoms with Crippen LogP contribution >= 0.6 is 11.6 Å². The van der Waals surface area contributed by atoms with E-state index in [0.717, 1.165) is 22.7 Å². The molecule has 5 fully saturated rings. The van der Waals surface area contributed by atoms with E-state index < -0.39 is 22.8 Å². The van der Waals surface area contributed by atoms with E-state index in [9.17, 15) is 24.5 Å². The van der Waals surface area contributed by atoms with Crippen LogP contribution in [0, 0.1) is 27.9 Å². The van der Waals surface area contributed by atoms with E-state index in [4.69, 9.17) is 11.6 Å². The van der Waals surface area contributed by atoms with Crippen LogP contribution in [0.5, 0.6) is 0 Å². The van der Waals surface area contributed by atoms with Crippen LogP contribution in [-0.4, -0.2) is 22.8 Å². The van der Waals surface area contributed by atoms with Gasteiger partial charge in [-0.1, -0.05) is 29.8 Å². The number of nitro groups is 1. The number of nitrogens with zero attached hydrogens (tertiary/aromatic N) is 2. The second-order valence-corrected chi connectivity index (χ2v) is 11.1. The molecule has 36 heavy (non-hydrogen) atoms. The van der Waals surface area contributed by atoms with Gasteiger partial charge in [0, 0.05) is 6.07 Å². The van der Waals surface area contributed by atoms with Gasteiger partial charge in [0.2, 0.25) is 0 Å². The zero-order valence-corrected chi connectivity index (χ0v) is 20.2. The molecule has 7 rings (SSSR count). The number of urea groups is 1. The molecule has 0 atom stereocenters. The summed E-state index contributed by atoms with van der Waals surface area (Å²) in [5, 5.41) is 13.3. The zero-order chi connectivity index (χ0) is 25.2. The molecule has 9 heteroatoms. The summed E-state index contributed by atoms with van der Waals surface area (Å²) in [6.07, 6.45) is 8.88. The summed E-state index contributed by atoms with van der Waals surface area (Å²) >= 11 is 5.86. The van der Waals surface area contributed by atoms with E-state index in [1.165, 1.54) is 68.4 Å². The summed E-state index contributed by atoms with van der Waals surface area (Å²) in [5.74, 6) is 0.751. The Balaban J connectivity index is 1.29. The Kier molecular flexibility index (Phi) is 5.26. The van der Waals surface area contributed by atoms with Crippen molar-refractivity contribution in [1.82, 2.24) is 5.32 Å². The van der Waals surface area contributed by atoms with Crippen LogP contribution in [0.3, 0.4) is 0 Å². The zero-order valence-electron chi connectivity index (χ0n) is 19.4. The predicted molar refractivity (Wildman–Crippen MR) is 133 cm³/mol. The van der Waals surface area contributed by atoms with Crippen molar-refractivity contribution >= 4 is 46.9 Å². The molecule has 0 unspecified atom stereocenters. The third-order valence-corrected chi connectivity index (χ3v) is 8.68. The minimum absolute atomic E-state index is 0.0579. The van der Waals surface area contributed by atoms with E-state index in [0.29, 0.717) is 5.69 Å². The number of hydrogen-bond donors (Lipinski definition) is 1. The van der Waals surface area contributed by atoms with Gasteiger partial charge >= 0.3 is 6.03 Å². The monoisotopic (exact) mass is 505 g/mol. The summed E-state index contributed by atoms with van der Waals surface area (Å²) in [4.78, 5) is 49.9. The van der Waals surface area contributed by atoms with Gasteiger partial charge in [-0.15, -0.1) is 0 Å². The SMILES string of the molecule is O=C1NC(=O)N(c2ccc(C34CC5CC(CC(C5)C3)C4)cc2)C(=O)C1=Cc1ccc(Cl)c([N+](=O)[O-])c1. The van der Waals surface area contributed by atoms with E-state index in [-0.39, 0.29) is 27.3 Å². The third-order valence-electron chi connectivity index (χ3n) is 8.36. The average molecular weight is 506 g/mol. The first-order chi connectivity index (χ1) is 17.2. The molecule has 4 saturated carbocycles. The highest BCUT2D eigenvalue weighted by Gasteiger charge is 2.51. The summed E-state index contributed by atoms with van der Waals surface area (Å²) in [6, 6.07) is 10.7. The minimum atomic E-state index is -0.857. The Morgan fingerprint density at radius 3 is 2.17 bits per heavy atom. The lowest BCUT2D eigenvalue weighted by atomic mass is 9.48. The molecular weight excluding hydrogens is 482 g/mol. The van der Waals surface area contributed by atoms with E-state index in [1.54, 1.807) is 12.1 Å². The highest BCUT2D eigenvalue weighted by molar-refractivity contribution is 6.39. The fraction of sp³-hybridized carbons (Fsp3) is 0.370. The smallest absolute Gasteiger partial charge is 0.273 e. The summed E-state index contributed by atoms with van der Waals surface area (Å²) in [5.41, 5.74) is 1.42. The van der Waals surface area contributed by atoms with Crippen molar-refractivity contribution in [3.63, 3.8) is 0 Å². The normalized spacial score (nSPS) is 30.1.